The van der Waals surface area contributed by atoms with E-state index in [0.717, 1.165) is 0 Å². The second-order valence-corrected chi connectivity index (χ2v) is 3.03. The van der Waals surface area contributed by atoms with E-state index in [-0.39, 0.29) is 6.04 Å². The molecule has 1 atom stereocenters. The van der Waals surface area contributed by atoms with Crippen molar-refractivity contribution in [2.75, 3.05) is 6.54 Å². The molecule has 1 heterocycles. The molecule has 1 fully saturated rings. The van der Waals surface area contributed by atoms with Crippen molar-refractivity contribution < 1.29 is 9.59 Å². The van der Waals surface area contributed by atoms with Crippen molar-refractivity contribution >= 4 is 11.8 Å². The molecule has 0 radical (unpaired) electrons. The van der Waals surface area contributed by atoms with Crippen LogP contribution in [0.1, 0.15) is 13.8 Å². The topological polar surface area (TPSA) is 58.2 Å². The van der Waals surface area contributed by atoms with Crippen molar-refractivity contribution in [2.24, 2.45) is 5.92 Å². The monoisotopic (exact) mass is 156 g/mol. The van der Waals surface area contributed by atoms with E-state index in [9.17, 15) is 9.59 Å². The Labute approximate surface area is 65.3 Å². The van der Waals surface area contributed by atoms with Crippen LogP contribution in [-0.2, 0) is 9.59 Å². The van der Waals surface area contributed by atoms with Gasteiger partial charge in [-0.3, -0.25) is 9.59 Å². The molecule has 0 bridgehead atoms. The van der Waals surface area contributed by atoms with Gasteiger partial charge in [-0.2, -0.15) is 0 Å². The van der Waals surface area contributed by atoms with E-state index in [1.165, 1.54) is 0 Å². The van der Waals surface area contributed by atoms with Gasteiger partial charge < -0.3 is 10.6 Å². The third-order valence-electron chi connectivity index (χ3n) is 1.81. The molecule has 1 unspecified atom stereocenters. The molecular formula is C7H12N2O2. The summed E-state index contributed by atoms with van der Waals surface area (Å²) in [5, 5.41) is 5.13. The molecule has 11 heavy (non-hydrogen) atoms. The minimum atomic E-state index is -0.526. The van der Waals surface area contributed by atoms with Gasteiger partial charge in [0.15, 0.2) is 0 Å². The van der Waals surface area contributed by atoms with Gasteiger partial charge in [-0.15, -0.1) is 0 Å². The minimum absolute atomic E-state index is 0.0835. The summed E-state index contributed by atoms with van der Waals surface area (Å²) in [6.45, 7) is 4.55. The molecule has 0 aromatic rings. The van der Waals surface area contributed by atoms with Gasteiger partial charge in [-0.1, -0.05) is 13.8 Å². The molecule has 1 aliphatic heterocycles. The minimum Gasteiger partial charge on any atom is -0.346 e. The van der Waals surface area contributed by atoms with Gasteiger partial charge in [-0.05, 0) is 5.92 Å². The first-order valence-electron chi connectivity index (χ1n) is 3.70. The zero-order valence-electron chi connectivity index (χ0n) is 6.68. The number of hydrogen-bond acceptors (Lipinski definition) is 2. The van der Waals surface area contributed by atoms with Gasteiger partial charge in [0.25, 0.3) is 0 Å². The van der Waals surface area contributed by atoms with Gasteiger partial charge in [0.2, 0.25) is 0 Å². The molecule has 4 heteroatoms. The zero-order chi connectivity index (χ0) is 8.43. The Kier molecular flexibility index (Phi) is 2.12. The molecule has 4 nitrogen and oxygen atoms in total. The van der Waals surface area contributed by atoms with Gasteiger partial charge in [-0.25, -0.2) is 0 Å². The summed E-state index contributed by atoms with van der Waals surface area (Å²) < 4.78 is 0. The van der Waals surface area contributed by atoms with E-state index < -0.39 is 11.8 Å². The largest absolute Gasteiger partial charge is 0.346 e. The SMILES string of the molecule is CC(C)C1CNC(=O)C(=O)N1. The lowest BCUT2D eigenvalue weighted by Gasteiger charge is -2.26. The Morgan fingerprint density at radius 3 is 2.45 bits per heavy atom. The number of carbonyl (C=O) groups is 2. The third kappa shape index (κ3) is 1.69. The first kappa shape index (κ1) is 8.04. The second kappa shape index (κ2) is 2.90. The number of piperazine rings is 1. The highest BCUT2D eigenvalue weighted by Gasteiger charge is 2.26. The number of hydrogen-bond donors (Lipinski definition) is 2. The molecule has 62 valence electrons. The maximum atomic E-state index is 10.8. The average Bonchev–Trinajstić information content (AvgIpc) is 1.94. The quantitative estimate of drug-likeness (QED) is 0.491. The Morgan fingerprint density at radius 2 is 2.00 bits per heavy atom. The Balaban J connectivity index is 2.53. The highest BCUT2D eigenvalue weighted by atomic mass is 16.2. The van der Waals surface area contributed by atoms with Gasteiger partial charge >= 0.3 is 11.8 Å². The first-order valence-corrected chi connectivity index (χ1v) is 3.70. The van der Waals surface area contributed by atoms with Crippen LogP contribution >= 0.6 is 0 Å². The van der Waals surface area contributed by atoms with Gasteiger partial charge in [0.1, 0.15) is 0 Å². The van der Waals surface area contributed by atoms with E-state index in [0.29, 0.717) is 12.5 Å². The molecule has 0 aromatic carbocycles. The molecule has 2 N–H and O–H groups in total. The third-order valence-corrected chi connectivity index (χ3v) is 1.81. The molecule has 0 spiro atoms. The van der Waals surface area contributed by atoms with Gasteiger partial charge in [0.05, 0.1) is 0 Å². The van der Waals surface area contributed by atoms with E-state index in [4.69, 9.17) is 0 Å². The number of amides is 2. The van der Waals surface area contributed by atoms with Crippen LogP contribution in [0.25, 0.3) is 0 Å². The summed E-state index contributed by atoms with van der Waals surface area (Å²) in [6, 6.07) is 0.0835. The molecule has 1 saturated heterocycles. The Bertz CT molecular complexity index is 189. The predicted molar refractivity (Wildman–Crippen MR) is 39.8 cm³/mol. The highest BCUT2D eigenvalue weighted by Crippen LogP contribution is 2.02. The normalized spacial score (nSPS) is 24.8. The van der Waals surface area contributed by atoms with Crippen molar-refractivity contribution in [2.45, 2.75) is 19.9 Å². The fourth-order valence-corrected chi connectivity index (χ4v) is 0.970. The van der Waals surface area contributed by atoms with E-state index in [2.05, 4.69) is 10.6 Å². The second-order valence-electron chi connectivity index (χ2n) is 3.03. The molecule has 1 aliphatic rings. The standard InChI is InChI=1S/C7H12N2O2/c1-4(2)5-3-8-6(10)7(11)9-5/h4-5H,3H2,1-2H3,(H,8,10)(H,9,11). The number of nitrogens with one attached hydrogen (secondary N) is 2. The summed E-state index contributed by atoms with van der Waals surface area (Å²) in [7, 11) is 0. The zero-order valence-corrected chi connectivity index (χ0v) is 6.68. The summed E-state index contributed by atoms with van der Waals surface area (Å²) in [4.78, 5) is 21.4. The lowest BCUT2D eigenvalue weighted by Crippen LogP contribution is -2.57. The van der Waals surface area contributed by atoms with Crippen molar-refractivity contribution in [3.8, 4) is 0 Å². The summed E-state index contributed by atoms with van der Waals surface area (Å²) >= 11 is 0. The van der Waals surface area contributed by atoms with Crippen molar-refractivity contribution in [3.63, 3.8) is 0 Å². The Hall–Kier alpha value is -1.06. The predicted octanol–water partition coefficient (Wildman–Crippen LogP) is -0.743. The van der Waals surface area contributed by atoms with E-state index >= 15 is 0 Å². The summed E-state index contributed by atoms with van der Waals surface area (Å²) in [5.41, 5.74) is 0. The van der Waals surface area contributed by atoms with Crippen LogP contribution in [0.3, 0.4) is 0 Å². The lowest BCUT2D eigenvalue weighted by atomic mass is 10.0. The maximum absolute atomic E-state index is 10.8. The number of rotatable bonds is 1. The van der Waals surface area contributed by atoms with Crippen LogP contribution in [0, 0.1) is 5.92 Å². The van der Waals surface area contributed by atoms with Crippen molar-refractivity contribution in [1.82, 2.24) is 10.6 Å². The first-order chi connectivity index (χ1) is 5.11. The smallest absolute Gasteiger partial charge is 0.309 e. The lowest BCUT2D eigenvalue weighted by molar-refractivity contribution is -0.141. The molecule has 2 amide bonds. The molecule has 0 aliphatic carbocycles. The highest BCUT2D eigenvalue weighted by molar-refractivity contribution is 6.35. The summed E-state index contributed by atoms with van der Waals surface area (Å²) in [6.07, 6.45) is 0. The molecule has 0 saturated carbocycles. The fourth-order valence-electron chi connectivity index (χ4n) is 0.970. The molecule has 1 rings (SSSR count). The summed E-state index contributed by atoms with van der Waals surface area (Å²) in [5.74, 6) is -0.684. The van der Waals surface area contributed by atoms with Gasteiger partial charge in [0, 0.05) is 12.6 Å². The van der Waals surface area contributed by atoms with Crippen LogP contribution in [0.15, 0.2) is 0 Å². The van der Waals surface area contributed by atoms with Crippen LogP contribution in [0.5, 0.6) is 0 Å². The average molecular weight is 156 g/mol. The van der Waals surface area contributed by atoms with E-state index in [1.54, 1.807) is 0 Å². The van der Waals surface area contributed by atoms with Crippen LogP contribution in [0.2, 0.25) is 0 Å². The fraction of sp³-hybridized carbons (Fsp3) is 0.714. The van der Waals surface area contributed by atoms with Crippen molar-refractivity contribution in [3.05, 3.63) is 0 Å². The number of carbonyl (C=O) groups excluding carboxylic acids is 2. The Morgan fingerprint density at radius 1 is 1.36 bits per heavy atom. The maximum Gasteiger partial charge on any atom is 0.309 e. The molecule has 0 aromatic heterocycles. The van der Waals surface area contributed by atoms with Crippen LogP contribution < -0.4 is 10.6 Å². The van der Waals surface area contributed by atoms with Crippen LogP contribution in [-0.4, -0.2) is 24.4 Å². The molecular weight excluding hydrogens is 144 g/mol. The van der Waals surface area contributed by atoms with Crippen molar-refractivity contribution in [1.29, 1.82) is 0 Å². The van der Waals surface area contributed by atoms with E-state index in [1.807, 2.05) is 13.8 Å². The van der Waals surface area contributed by atoms with Crippen LogP contribution in [0.4, 0.5) is 0 Å².